The van der Waals surface area contributed by atoms with Gasteiger partial charge in [0.1, 0.15) is 5.56 Å². The van der Waals surface area contributed by atoms with Crippen molar-refractivity contribution in [3.05, 3.63) is 23.9 Å². The highest BCUT2D eigenvalue weighted by Crippen LogP contribution is 2.15. The van der Waals surface area contributed by atoms with Gasteiger partial charge in [-0.1, -0.05) is 0 Å². The Morgan fingerprint density at radius 2 is 2.19 bits per heavy atom. The maximum Gasteiger partial charge on any atom is 0.343 e. The Bertz CT molecular complexity index is 407. The average Bonchev–Trinajstić information content (AvgIpc) is 2.28. The third kappa shape index (κ3) is 2.90. The standard InChI is InChI=1S/C10H12N2O3S/c1-12(2)10(16)15-8-7(9(13)14-3)5-4-6-11-8/h4-6H,1-3H3. The van der Waals surface area contributed by atoms with Gasteiger partial charge in [-0.3, -0.25) is 0 Å². The van der Waals surface area contributed by atoms with Gasteiger partial charge in [0.25, 0.3) is 5.17 Å². The van der Waals surface area contributed by atoms with E-state index < -0.39 is 5.97 Å². The number of thiocarbonyl (C=S) groups is 1. The third-order valence-corrected chi connectivity index (χ3v) is 2.17. The number of methoxy groups -OCH3 is 1. The summed E-state index contributed by atoms with van der Waals surface area (Å²) in [4.78, 5) is 16.9. The molecule has 0 radical (unpaired) electrons. The van der Waals surface area contributed by atoms with E-state index in [4.69, 9.17) is 17.0 Å². The summed E-state index contributed by atoms with van der Waals surface area (Å²) in [5.74, 6) is -0.363. The van der Waals surface area contributed by atoms with Gasteiger partial charge in [0.05, 0.1) is 7.11 Å². The predicted molar refractivity (Wildman–Crippen MR) is 62.5 cm³/mol. The Hall–Kier alpha value is -1.69. The second-order valence-electron chi connectivity index (χ2n) is 3.11. The molecule has 16 heavy (non-hydrogen) atoms. The van der Waals surface area contributed by atoms with Crippen molar-refractivity contribution in [1.29, 1.82) is 0 Å². The van der Waals surface area contributed by atoms with Crippen LogP contribution in [0.25, 0.3) is 0 Å². The van der Waals surface area contributed by atoms with Gasteiger partial charge in [-0.05, 0) is 24.4 Å². The Balaban J connectivity index is 2.95. The van der Waals surface area contributed by atoms with Crippen LogP contribution in [0.15, 0.2) is 18.3 Å². The Labute approximate surface area is 99.0 Å². The highest BCUT2D eigenvalue weighted by atomic mass is 32.1. The molecular weight excluding hydrogens is 228 g/mol. The first-order valence-corrected chi connectivity index (χ1v) is 4.89. The molecule has 6 heteroatoms. The zero-order chi connectivity index (χ0) is 12.1. The molecule has 0 saturated carbocycles. The average molecular weight is 240 g/mol. The van der Waals surface area contributed by atoms with Crippen molar-refractivity contribution in [3.8, 4) is 5.88 Å². The molecule has 0 spiro atoms. The lowest BCUT2D eigenvalue weighted by Gasteiger charge is -2.14. The van der Waals surface area contributed by atoms with Crippen LogP contribution in [0.4, 0.5) is 0 Å². The summed E-state index contributed by atoms with van der Waals surface area (Å²) in [6, 6.07) is 3.18. The van der Waals surface area contributed by atoms with E-state index >= 15 is 0 Å². The highest BCUT2D eigenvalue weighted by Gasteiger charge is 2.15. The molecule has 0 aliphatic heterocycles. The minimum atomic E-state index is -0.510. The maximum absolute atomic E-state index is 11.4. The van der Waals surface area contributed by atoms with E-state index in [0.717, 1.165) is 0 Å². The van der Waals surface area contributed by atoms with Crippen LogP contribution in [0.2, 0.25) is 0 Å². The van der Waals surface area contributed by atoms with E-state index in [1.165, 1.54) is 13.3 Å². The van der Waals surface area contributed by atoms with Gasteiger partial charge < -0.3 is 14.4 Å². The number of rotatable bonds is 2. The van der Waals surface area contributed by atoms with Gasteiger partial charge in [-0.15, -0.1) is 0 Å². The zero-order valence-corrected chi connectivity index (χ0v) is 10.1. The molecule has 5 nitrogen and oxygen atoms in total. The minimum absolute atomic E-state index is 0.146. The van der Waals surface area contributed by atoms with Gasteiger partial charge in [0.2, 0.25) is 5.88 Å². The van der Waals surface area contributed by atoms with Gasteiger partial charge >= 0.3 is 5.97 Å². The van der Waals surface area contributed by atoms with Crippen molar-refractivity contribution < 1.29 is 14.3 Å². The molecular formula is C10H12N2O3S. The fourth-order valence-corrected chi connectivity index (χ4v) is 0.990. The second kappa shape index (κ2) is 5.41. The number of esters is 1. The molecule has 0 saturated heterocycles. The Morgan fingerprint density at radius 1 is 1.50 bits per heavy atom. The lowest BCUT2D eigenvalue weighted by molar-refractivity contribution is 0.0597. The molecule has 1 rings (SSSR count). The predicted octanol–water partition coefficient (Wildman–Crippen LogP) is 1.09. The number of nitrogens with zero attached hydrogens (tertiary/aromatic N) is 2. The summed E-state index contributed by atoms with van der Waals surface area (Å²) in [6.45, 7) is 0. The van der Waals surface area contributed by atoms with E-state index in [-0.39, 0.29) is 16.6 Å². The van der Waals surface area contributed by atoms with Crippen molar-refractivity contribution in [1.82, 2.24) is 9.88 Å². The molecule has 0 aromatic carbocycles. The number of ether oxygens (including phenoxy) is 2. The van der Waals surface area contributed by atoms with Gasteiger partial charge in [0.15, 0.2) is 0 Å². The molecule has 0 aliphatic rings. The number of carbonyl (C=O) groups excluding carboxylic acids is 1. The molecule has 1 aromatic rings. The van der Waals surface area contributed by atoms with Gasteiger partial charge in [-0.25, -0.2) is 9.78 Å². The minimum Gasteiger partial charge on any atom is -0.465 e. The first-order chi connectivity index (χ1) is 7.56. The topological polar surface area (TPSA) is 51.7 Å². The lowest BCUT2D eigenvalue weighted by atomic mass is 10.3. The number of hydrogen-bond acceptors (Lipinski definition) is 5. The Kier molecular flexibility index (Phi) is 4.19. The van der Waals surface area contributed by atoms with Crippen LogP contribution in [-0.4, -0.2) is 42.2 Å². The van der Waals surface area contributed by atoms with Crippen molar-refractivity contribution >= 4 is 23.4 Å². The number of aromatic nitrogens is 1. The fraction of sp³-hybridized carbons (Fsp3) is 0.300. The fourth-order valence-electron chi connectivity index (χ4n) is 0.911. The smallest absolute Gasteiger partial charge is 0.343 e. The van der Waals surface area contributed by atoms with Crippen LogP contribution in [-0.2, 0) is 4.74 Å². The zero-order valence-electron chi connectivity index (χ0n) is 9.26. The summed E-state index contributed by atoms with van der Waals surface area (Å²) < 4.78 is 9.88. The third-order valence-electron chi connectivity index (χ3n) is 1.73. The van der Waals surface area contributed by atoms with E-state index in [0.29, 0.717) is 0 Å². The molecule has 0 N–H and O–H groups in total. The summed E-state index contributed by atoms with van der Waals surface area (Å²) in [7, 11) is 4.77. The van der Waals surface area contributed by atoms with Crippen molar-refractivity contribution in [2.75, 3.05) is 21.2 Å². The largest absolute Gasteiger partial charge is 0.465 e. The van der Waals surface area contributed by atoms with Crippen molar-refractivity contribution in [2.45, 2.75) is 0 Å². The van der Waals surface area contributed by atoms with E-state index in [1.807, 2.05) is 0 Å². The Morgan fingerprint density at radius 3 is 2.75 bits per heavy atom. The quantitative estimate of drug-likeness (QED) is 0.570. The molecule has 1 aromatic heterocycles. The molecule has 0 aliphatic carbocycles. The SMILES string of the molecule is COC(=O)c1cccnc1OC(=S)N(C)C. The summed E-state index contributed by atoms with van der Waals surface area (Å²) in [5, 5.41) is 0.226. The van der Waals surface area contributed by atoms with Crippen LogP contribution in [0, 0.1) is 0 Å². The van der Waals surface area contributed by atoms with Crippen LogP contribution < -0.4 is 4.74 Å². The molecule has 1 heterocycles. The van der Waals surface area contributed by atoms with Crippen LogP contribution in [0.1, 0.15) is 10.4 Å². The van der Waals surface area contributed by atoms with Crippen LogP contribution in [0.5, 0.6) is 5.88 Å². The molecule has 86 valence electrons. The monoisotopic (exact) mass is 240 g/mol. The van der Waals surface area contributed by atoms with E-state index in [2.05, 4.69) is 9.72 Å². The molecule has 0 bridgehead atoms. The second-order valence-corrected chi connectivity index (χ2v) is 3.46. The first kappa shape index (κ1) is 12.4. The maximum atomic E-state index is 11.4. The lowest BCUT2D eigenvalue weighted by Crippen LogP contribution is -2.26. The molecule has 0 atom stereocenters. The molecule has 0 amide bonds. The summed E-state index contributed by atoms with van der Waals surface area (Å²) in [5.41, 5.74) is 0.245. The van der Waals surface area contributed by atoms with Crippen molar-refractivity contribution in [3.63, 3.8) is 0 Å². The van der Waals surface area contributed by atoms with Crippen LogP contribution in [0.3, 0.4) is 0 Å². The van der Waals surface area contributed by atoms with E-state index in [1.54, 1.807) is 31.1 Å². The normalized spacial score (nSPS) is 9.44. The van der Waals surface area contributed by atoms with Gasteiger partial charge in [0, 0.05) is 20.3 Å². The number of hydrogen-bond donors (Lipinski definition) is 0. The summed E-state index contributed by atoms with van der Waals surface area (Å²) >= 11 is 4.95. The number of pyridine rings is 1. The molecule has 0 unspecified atom stereocenters. The number of carbonyl (C=O) groups is 1. The highest BCUT2D eigenvalue weighted by molar-refractivity contribution is 7.80. The van der Waals surface area contributed by atoms with E-state index in [9.17, 15) is 4.79 Å². The first-order valence-electron chi connectivity index (χ1n) is 4.48. The van der Waals surface area contributed by atoms with Crippen LogP contribution >= 0.6 is 12.2 Å². The van der Waals surface area contributed by atoms with Crippen molar-refractivity contribution in [2.24, 2.45) is 0 Å². The summed E-state index contributed by atoms with van der Waals surface area (Å²) in [6.07, 6.45) is 1.51. The van der Waals surface area contributed by atoms with Gasteiger partial charge in [-0.2, -0.15) is 0 Å². The molecule has 0 fully saturated rings.